The molecule has 0 radical (unpaired) electrons. The van der Waals surface area contributed by atoms with Gasteiger partial charge in [0.05, 0.1) is 12.5 Å². The Kier molecular flexibility index (Phi) is 4.91. The summed E-state index contributed by atoms with van der Waals surface area (Å²) in [5.41, 5.74) is 6.76. The van der Waals surface area contributed by atoms with Gasteiger partial charge in [-0.15, -0.1) is 0 Å². The summed E-state index contributed by atoms with van der Waals surface area (Å²) in [7, 11) is 0. The average Bonchev–Trinajstić information content (AvgIpc) is 2.50. The van der Waals surface area contributed by atoms with E-state index in [1.165, 1.54) is 12.1 Å². The number of nitrogens with one attached hydrogen (secondary N) is 2. The van der Waals surface area contributed by atoms with E-state index in [1.54, 1.807) is 12.1 Å². The van der Waals surface area contributed by atoms with Gasteiger partial charge in [0.1, 0.15) is 11.8 Å². The second-order valence-electron chi connectivity index (χ2n) is 4.51. The second kappa shape index (κ2) is 7.08. The normalized spacial score (nSPS) is 11.4. The standard InChI is InChI=1S/C16H15N3O2/c17-11-15(13-6-8-14(20)9-7-13)18-19-16(21)10-12-4-2-1-3-5-12/h1-9,15,18,20H,10H2,(H,19,21). The number of hydrogen-bond donors (Lipinski definition) is 3. The molecule has 0 saturated carbocycles. The maximum absolute atomic E-state index is 11.8. The number of nitrogens with zero attached hydrogens (tertiary/aromatic N) is 1. The van der Waals surface area contributed by atoms with Gasteiger partial charge >= 0.3 is 0 Å². The van der Waals surface area contributed by atoms with E-state index in [1.807, 2.05) is 36.4 Å². The van der Waals surface area contributed by atoms with Gasteiger partial charge in [-0.05, 0) is 23.3 Å². The van der Waals surface area contributed by atoms with Crippen molar-refractivity contribution >= 4 is 5.91 Å². The molecule has 3 N–H and O–H groups in total. The molecule has 21 heavy (non-hydrogen) atoms. The number of carbonyl (C=O) groups excluding carboxylic acids is 1. The van der Waals surface area contributed by atoms with Gasteiger partial charge in [-0.3, -0.25) is 10.2 Å². The molecule has 0 aliphatic rings. The van der Waals surface area contributed by atoms with Gasteiger partial charge in [-0.2, -0.15) is 5.26 Å². The van der Waals surface area contributed by atoms with Crippen molar-refractivity contribution in [3.8, 4) is 11.8 Å². The number of hydrogen-bond acceptors (Lipinski definition) is 4. The molecule has 0 saturated heterocycles. The summed E-state index contributed by atoms with van der Waals surface area (Å²) in [4.78, 5) is 11.8. The molecular weight excluding hydrogens is 266 g/mol. The summed E-state index contributed by atoms with van der Waals surface area (Å²) in [6.07, 6.45) is 0.238. The highest BCUT2D eigenvalue weighted by Crippen LogP contribution is 2.15. The van der Waals surface area contributed by atoms with Crippen LogP contribution in [0.15, 0.2) is 54.6 Å². The van der Waals surface area contributed by atoms with Gasteiger partial charge < -0.3 is 5.11 Å². The van der Waals surface area contributed by atoms with Gasteiger partial charge in [0.25, 0.3) is 0 Å². The quantitative estimate of drug-likeness (QED) is 0.730. The summed E-state index contributed by atoms with van der Waals surface area (Å²) in [5.74, 6) is -0.0937. The zero-order chi connectivity index (χ0) is 15.1. The van der Waals surface area contributed by atoms with E-state index in [2.05, 4.69) is 10.9 Å². The van der Waals surface area contributed by atoms with Crippen LogP contribution in [0.2, 0.25) is 0 Å². The van der Waals surface area contributed by atoms with E-state index in [-0.39, 0.29) is 18.1 Å². The lowest BCUT2D eigenvalue weighted by Crippen LogP contribution is -2.40. The number of hydrazine groups is 1. The molecular formula is C16H15N3O2. The fourth-order valence-corrected chi connectivity index (χ4v) is 1.84. The van der Waals surface area contributed by atoms with Crippen molar-refractivity contribution in [2.75, 3.05) is 0 Å². The zero-order valence-corrected chi connectivity index (χ0v) is 11.3. The van der Waals surface area contributed by atoms with Crippen LogP contribution in [0.5, 0.6) is 5.75 Å². The van der Waals surface area contributed by atoms with E-state index in [9.17, 15) is 9.90 Å². The minimum absolute atomic E-state index is 0.128. The van der Waals surface area contributed by atoms with Crippen LogP contribution in [0, 0.1) is 11.3 Å². The molecule has 2 rings (SSSR count). The summed E-state index contributed by atoms with van der Waals surface area (Å²) < 4.78 is 0. The molecule has 0 spiro atoms. The monoisotopic (exact) mass is 281 g/mol. The molecule has 0 fully saturated rings. The van der Waals surface area contributed by atoms with Crippen LogP contribution in [0.1, 0.15) is 17.2 Å². The Morgan fingerprint density at radius 3 is 2.43 bits per heavy atom. The number of rotatable bonds is 5. The van der Waals surface area contributed by atoms with E-state index in [0.29, 0.717) is 5.56 Å². The number of phenolic OH excluding ortho intramolecular Hbond substituents is 1. The first-order valence-corrected chi connectivity index (χ1v) is 6.46. The third kappa shape index (κ3) is 4.34. The lowest BCUT2D eigenvalue weighted by molar-refractivity contribution is -0.121. The van der Waals surface area contributed by atoms with Crippen molar-refractivity contribution in [3.63, 3.8) is 0 Å². The molecule has 1 atom stereocenters. The minimum atomic E-state index is -0.676. The van der Waals surface area contributed by atoms with Crippen molar-refractivity contribution in [1.82, 2.24) is 10.9 Å². The van der Waals surface area contributed by atoms with Crippen LogP contribution in [-0.4, -0.2) is 11.0 Å². The van der Waals surface area contributed by atoms with E-state index >= 15 is 0 Å². The molecule has 0 aliphatic carbocycles. The van der Waals surface area contributed by atoms with Gasteiger partial charge in [0.2, 0.25) is 5.91 Å². The largest absolute Gasteiger partial charge is 0.508 e. The van der Waals surface area contributed by atoms with Crippen LogP contribution in [0.25, 0.3) is 0 Å². The summed E-state index contributed by atoms with van der Waals surface area (Å²) in [6.45, 7) is 0. The Morgan fingerprint density at radius 2 is 1.81 bits per heavy atom. The fraction of sp³-hybridized carbons (Fsp3) is 0.125. The Bertz CT molecular complexity index is 633. The number of aromatic hydroxyl groups is 1. The number of phenols is 1. The van der Waals surface area contributed by atoms with Crippen LogP contribution >= 0.6 is 0 Å². The molecule has 0 heterocycles. The maximum Gasteiger partial charge on any atom is 0.238 e. The van der Waals surface area contributed by atoms with Gasteiger partial charge in [-0.1, -0.05) is 42.5 Å². The third-order valence-corrected chi connectivity index (χ3v) is 2.92. The molecule has 1 unspecified atom stereocenters. The van der Waals surface area contributed by atoms with Gasteiger partial charge in [0.15, 0.2) is 0 Å². The highest BCUT2D eigenvalue weighted by atomic mass is 16.3. The highest BCUT2D eigenvalue weighted by molar-refractivity contribution is 5.78. The Labute approximate surface area is 122 Å². The van der Waals surface area contributed by atoms with E-state index < -0.39 is 6.04 Å². The van der Waals surface area contributed by atoms with Crippen LogP contribution in [0.4, 0.5) is 0 Å². The summed E-state index contributed by atoms with van der Waals surface area (Å²) in [6, 6.07) is 17.0. The Balaban J connectivity index is 1.90. The van der Waals surface area contributed by atoms with Gasteiger partial charge in [0, 0.05) is 0 Å². The molecule has 0 aromatic heterocycles. The van der Waals surface area contributed by atoms with Crippen molar-refractivity contribution in [1.29, 1.82) is 5.26 Å². The molecule has 5 heteroatoms. The van der Waals surface area contributed by atoms with E-state index in [4.69, 9.17) is 5.26 Å². The van der Waals surface area contributed by atoms with Crippen molar-refractivity contribution in [3.05, 3.63) is 65.7 Å². The van der Waals surface area contributed by atoms with Crippen molar-refractivity contribution in [2.45, 2.75) is 12.5 Å². The Morgan fingerprint density at radius 1 is 1.14 bits per heavy atom. The SMILES string of the molecule is N#CC(NNC(=O)Cc1ccccc1)c1ccc(O)cc1. The lowest BCUT2D eigenvalue weighted by atomic mass is 10.1. The zero-order valence-electron chi connectivity index (χ0n) is 11.3. The first-order chi connectivity index (χ1) is 10.2. The van der Waals surface area contributed by atoms with Gasteiger partial charge in [-0.25, -0.2) is 5.43 Å². The van der Waals surface area contributed by atoms with Crippen molar-refractivity contribution in [2.24, 2.45) is 0 Å². The second-order valence-corrected chi connectivity index (χ2v) is 4.51. The molecule has 1 amide bonds. The topological polar surface area (TPSA) is 85.2 Å². The maximum atomic E-state index is 11.8. The van der Waals surface area contributed by atoms with Crippen LogP contribution < -0.4 is 10.9 Å². The third-order valence-electron chi connectivity index (χ3n) is 2.92. The lowest BCUT2D eigenvalue weighted by Gasteiger charge is -2.13. The minimum Gasteiger partial charge on any atom is -0.508 e. The van der Waals surface area contributed by atoms with Crippen LogP contribution in [-0.2, 0) is 11.2 Å². The van der Waals surface area contributed by atoms with Crippen molar-refractivity contribution < 1.29 is 9.90 Å². The first-order valence-electron chi connectivity index (χ1n) is 6.46. The average molecular weight is 281 g/mol. The molecule has 2 aromatic rings. The molecule has 5 nitrogen and oxygen atoms in total. The summed E-state index contributed by atoms with van der Waals surface area (Å²) in [5, 5.41) is 18.3. The molecule has 2 aromatic carbocycles. The summed E-state index contributed by atoms with van der Waals surface area (Å²) >= 11 is 0. The smallest absolute Gasteiger partial charge is 0.238 e. The molecule has 0 bridgehead atoms. The first kappa shape index (κ1) is 14.6. The number of carbonyl (C=O) groups is 1. The highest BCUT2D eigenvalue weighted by Gasteiger charge is 2.11. The predicted molar refractivity (Wildman–Crippen MR) is 77.9 cm³/mol. The number of benzene rings is 2. The predicted octanol–water partition coefficient (Wildman–Crippen LogP) is 1.82. The number of nitriles is 1. The molecule has 106 valence electrons. The van der Waals surface area contributed by atoms with Crippen LogP contribution in [0.3, 0.4) is 0 Å². The Hall–Kier alpha value is -2.84. The fourth-order valence-electron chi connectivity index (χ4n) is 1.84. The number of amides is 1. The molecule has 0 aliphatic heterocycles. The van der Waals surface area contributed by atoms with E-state index in [0.717, 1.165) is 5.56 Å².